The number of hydrogen-bond acceptors (Lipinski definition) is 3. The van der Waals surface area contributed by atoms with Gasteiger partial charge in [0.15, 0.2) is 0 Å². The monoisotopic (exact) mass is 264 g/mol. The van der Waals surface area contributed by atoms with Gasteiger partial charge in [-0.1, -0.05) is 0 Å². The lowest BCUT2D eigenvalue weighted by Gasteiger charge is -2.38. The molecule has 5 nitrogen and oxygen atoms in total. The highest BCUT2D eigenvalue weighted by Crippen LogP contribution is 2.39. The molecule has 1 aliphatic rings. The Balaban J connectivity index is 2.55. The lowest BCUT2D eigenvalue weighted by atomic mass is 9.95. The van der Waals surface area contributed by atoms with Crippen molar-refractivity contribution in [2.75, 3.05) is 0 Å². The molecular weight excluding hydrogens is 240 g/mol. The SMILES string of the molecule is Cc1nn(C)c(C)c1C1C(N)CC(=O)N1C(C)(C)C. The van der Waals surface area contributed by atoms with Crippen LogP contribution < -0.4 is 5.73 Å². The van der Waals surface area contributed by atoms with Gasteiger partial charge in [-0.2, -0.15) is 5.10 Å². The van der Waals surface area contributed by atoms with Crippen LogP contribution >= 0.6 is 0 Å². The largest absolute Gasteiger partial charge is 0.329 e. The fourth-order valence-electron chi connectivity index (χ4n) is 3.11. The average Bonchev–Trinajstić information content (AvgIpc) is 2.64. The number of rotatable bonds is 1. The summed E-state index contributed by atoms with van der Waals surface area (Å²) in [6.07, 6.45) is 0.412. The van der Waals surface area contributed by atoms with Crippen molar-refractivity contribution in [3.63, 3.8) is 0 Å². The maximum Gasteiger partial charge on any atom is 0.225 e. The third kappa shape index (κ3) is 2.16. The van der Waals surface area contributed by atoms with Crippen LogP contribution in [0.1, 0.15) is 50.2 Å². The molecule has 1 aromatic rings. The second kappa shape index (κ2) is 4.34. The van der Waals surface area contributed by atoms with Crippen molar-refractivity contribution >= 4 is 5.91 Å². The average molecular weight is 264 g/mol. The first-order valence-corrected chi connectivity index (χ1v) is 6.72. The van der Waals surface area contributed by atoms with Gasteiger partial charge in [-0.3, -0.25) is 9.48 Å². The zero-order valence-corrected chi connectivity index (χ0v) is 12.7. The predicted molar refractivity (Wildman–Crippen MR) is 74.6 cm³/mol. The van der Waals surface area contributed by atoms with Crippen LogP contribution in [0, 0.1) is 13.8 Å². The second-order valence-corrected chi connectivity index (χ2v) is 6.46. The molecule has 2 heterocycles. The van der Waals surface area contributed by atoms with E-state index in [9.17, 15) is 4.79 Å². The summed E-state index contributed by atoms with van der Waals surface area (Å²) in [6, 6.07) is -0.227. The smallest absolute Gasteiger partial charge is 0.225 e. The van der Waals surface area contributed by atoms with Crippen molar-refractivity contribution in [1.82, 2.24) is 14.7 Å². The van der Waals surface area contributed by atoms with Gasteiger partial charge < -0.3 is 10.6 Å². The lowest BCUT2D eigenvalue weighted by Crippen LogP contribution is -2.45. The predicted octanol–water partition coefficient (Wildman–Crippen LogP) is 1.44. The zero-order valence-electron chi connectivity index (χ0n) is 12.7. The Labute approximate surface area is 114 Å². The highest BCUT2D eigenvalue weighted by Gasteiger charge is 2.45. The van der Waals surface area contributed by atoms with Gasteiger partial charge in [0.1, 0.15) is 0 Å². The van der Waals surface area contributed by atoms with Crippen molar-refractivity contribution in [3.8, 4) is 0 Å². The summed E-state index contributed by atoms with van der Waals surface area (Å²) >= 11 is 0. The number of likely N-dealkylation sites (tertiary alicyclic amines) is 1. The number of amides is 1. The fraction of sp³-hybridized carbons (Fsp3) is 0.714. The summed E-state index contributed by atoms with van der Waals surface area (Å²) in [6.45, 7) is 10.2. The first-order valence-electron chi connectivity index (χ1n) is 6.72. The second-order valence-electron chi connectivity index (χ2n) is 6.46. The molecule has 2 rings (SSSR count). The molecule has 1 saturated heterocycles. The Morgan fingerprint density at radius 3 is 2.32 bits per heavy atom. The van der Waals surface area contributed by atoms with Gasteiger partial charge in [-0.05, 0) is 34.6 Å². The number of nitrogens with two attached hydrogens (primary N) is 1. The van der Waals surface area contributed by atoms with Crippen molar-refractivity contribution < 1.29 is 4.79 Å². The molecule has 0 aliphatic carbocycles. The molecule has 0 spiro atoms. The number of nitrogens with zero attached hydrogens (tertiary/aromatic N) is 3. The van der Waals surface area contributed by atoms with Gasteiger partial charge in [0.05, 0.1) is 11.7 Å². The van der Waals surface area contributed by atoms with Gasteiger partial charge in [0.25, 0.3) is 0 Å². The Kier molecular flexibility index (Phi) is 3.21. The van der Waals surface area contributed by atoms with E-state index in [4.69, 9.17) is 5.73 Å². The van der Waals surface area contributed by atoms with Crippen LogP contribution in [-0.2, 0) is 11.8 Å². The molecule has 0 aromatic carbocycles. The molecular formula is C14H24N4O. The quantitative estimate of drug-likeness (QED) is 0.834. The van der Waals surface area contributed by atoms with E-state index in [1.54, 1.807) is 0 Å². The van der Waals surface area contributed by atoms with E-state index in [0.717, 1.165) is 17.0 Å². The van der Waals surface area contributed by atoms with Crippen molar-refractivity contribution in [3.05, 3.63) is 17.0 Å². The Morgan fingerprint density at radius 1 is 1.32 bits per heavy atom. The van der Waals surface area contributed by atoms with Gasteiger partial charge in [0.2, 0.25) is 5.91 Å². The highest BCUT2D eigenvalue weighted by molar-refractivity contribution is 5.81. The van der Waals surface area contributed by atoms with Crippen LogP contribution in [0.15, 0.2) is 0 Å². The number of carbonyl (C=O) groups is 1. The number of aromatic nitrogens is 2. The summed E-state index contributed by atoms with van der Waals surface area (Å²) in [5, 5.41) is 4.45. The third-order valence-electron chi connectivity index (χ3n) is 3.95. The van der Waals surface area contributed by atoms with Gasteiger partial charge in [0, 0.05) is 36.3 Å². The van der Waals surface area contributed by atoms with Gasteiger partial charge in [-0.15, -0.1) is 0 Å². The molecule has 5 heteroatoms. The van der Waals surface area contributed by atoms with E-state index >= 15 is 0 Å². The van der Waals surface area contributed by atoms with Crippen LogP contribution in [0.3, 0.4) is 0 Å². The lowest BCUT2D eigenvalue weighted by molar-refractivity contribution is -0.133. The Hall–Kier alpha value is -1.36. The molecule has 0 bridgehead atoms. The van der Waals surface area contributed by atoms with Crippen LogP contribution in [0.5, 0.6) is 0 Å². The van der Waals surface area contributed by atoms with E-state index in [1.165, 1.54) is 0 Å². The van der Waals surface area contributed by atoms with Crippen molar-refractivity contribution in [2.45, 2.75) is 58.7 Å². The molecule has 1 fully saturated rings. The minimum absolute atomic E-state index is 0.0683. The van der Waals surface area contributed by atoms with Gasteiger partial charge in [-0.25, -0.2) is 0 Å². The van der Waals surface area contributed by atoms with E-state index in [-0.39, 0.29) is 23.5 Å². The molecule has 106 valence electrons. The molecule has 2 atom stereocenters. The molecule has 19 heavy (non-hydrogen) atoms. The standard InChI is InChI=1S/C14H24N4O/c1-8-12(9(2)17(6)16-8)13-10(15)7-11(19)18(13)14(3,4)5/h10,13H,7,15H2,1-6H3. The third-order valence-corrected chi connectivity index (χ3v) is 3.95. The molecule has 2 N–H and O–H groups in total. The van der Waals surface area contributed by atoms with E-state index in [2.05, 4.69) is 25.9 Å². The minimum Gasteiger partial charge on any atom is -0.329 e. The molecule has 2 unspecified atom stereocenters. The summed E-state index contributed by atoms with van der Waals surface area (Å²) in [5.74, 6) is 0.132. The molecule has 0 radical (unpaired) electrons. The summed E-state index contributed by atoms with van der Waals surface area (Å²) in [5.41, 5.74) is 9.16. The van der Waals surface area contributed by atoms with Crippen LogP contribution in [-0.4, -0.2) is 32.2 Å². The minimum atomic E-state index is -0.232. The molecule has 0 saturated carbocycles. The van der Waals surface area contributed by atoms with Crippen molar-refractivity contribution in [1.29, 1.82) is 0 Å². The fourth-order valence-corrected chi connectivity index (χ4v) is 3.11. The zero-order chi connectivity index (χ0) is 14.5. The van der Waals surface area contributed by atoms with Crippen LogP contribution in [0.2, 0.25) is 0 Å². The summed E-state index contributed by atoms with van der Waals surface area (Å²) < 4.78 is 1.86. The molecule has 1 aliphatic heterocycles. The van der Waals surface area contributed by atoms with Gasteiger partial charge >= 0.3 is 0 Å². The van der Waals surface area contributed by atoms with E-state index in [1.807, 2.05) is 30.5 Å². The first kappa shape index (κ1) is 14.1. The highest BCUT2D eigenvalue weighted by atomic mass is 16.2. The van der Waals surface area contributed by atoms with Crippen molar-refractivity contribution in [2.24, 2.45) is 12.8 Å². The van der Waals surface area contributed by atoms with E-state index in [0.29, 0.717) is 6.42 Å². The first-order chi connectivity index (χ1) is 8.64. The maximum absolute atomic E-state index is 12.3. The van der Waals surface area contributed by atoms with Crippen LogP contribution in [0.25, 0.3) is 0 Å². The van der Waals surface area contributed by atoms with E-state index < -0.39 is 0 Å². The normalized spacial score (nSPS) is 24.4. The molecule has 1 amide bonds. The maximum atomic E-state index is 12.3. The summed E-state index contributed by atoms with van der Waals surface area (Å²) in [4.78, 5) is 14.2. The number of carbonyl (C=O) groups excluding carboxylic acids is 1. The summed E-state index contributed by atoms with van der Waals surface area (Å²) in [7, 11) is 1.93. The van der Waals surface area contributed by atoms with Crippen LogP contribution in [0.4, 0.5) is 0 Å². The number of aryl methyl sites for hydroxylation is 2. The Morgan fingerprint density at radius 2 is 1.89 bits per heavy atom. The molecule has 1 aromatic heterocycles. The number of hydrogen-bond donors (Lipinski definition) is 1. The Bertz CT molecular complexity index is 512. The topological polar surface area (TPSA) is 64.2 Å².